The van der Waals surface area contributed by atoms with Gasteiger partial charge in [0, 0.05) is 11.9 Å². The predicted octanol–water partition coefficient (Wildman–Crippen LogP) is 1.99. The largest absolute Gasteiger partial charge is 0.362 e. The first-order valence-corrected chi connectivity index (χ1v) is 5.57. The highest BCUT2D eigenvalue weighted by atomic mass is 32.1. The number of aryl methyl sites for hydroxylation is 1. The van der Waals surface area contributed by atoms with E-state index in [1.54, 1.807) is 11.3 Å². The second-order valence-electron chi connectivity index (χ2n) is 3.07. The van der Waals surface area contributed by atoms with Crippen molar-refractivity contribution in [2.24, 2.45) is 5.73 Å². The normalized spacial score (nSPS) is 10.3. The zero-order valence-electron chi connectivity index (χ0n) is 8.05. The summed E-state index contributed by atoms with van der Waals surface area (Å²) in [6, 6.07) is 0. The lowest BCUT2D eigenvalue weighted by Crippen LogP contribution is -2.03. The molecule has 0 aromatic carbocycles. The molecule has 3 nitrogen and oxygen atoms in total. The lowest BCUT2D eigenvalue weighted by Gasteiger charge is -2.00. The smallest absolute Gasteiger partial charge is 0.182 e. The predicted molar refractivity (Wildman–Crippen MR) is 58.2 cm³/mol. The fourth-order valence-electron chi connectivity index (χ4n) is 1.08. The summed E-state index contributed by atoms with van der Waals surface area (Å²) in [6.45, 7) is 3.82. The molecule has 0 saturated heterocycles. The Bertz CT molecular complexity index is 235. The van der Waals surface area contributed by atoms with E-state index in [0.29, 0.717) is 0 Å². The molecule has 1 aromatic heterocycles. The SMILES string of the molecule is Cc1csc(NCCCCCN)n1. The third kappa shape index (κ3) is 4.24. The number of aromatic nitrogens is 1. The fraction of sp³-hybridized carbons (Fsp3) is 0.667. The first kappa shape index (κ1) is 10.5. The Balaban J connectivity index is 2.06. The minimum Gasteiger partial charge on any atom is -0.362 e. The number of thiazole rings is 1. The van der Waals surface area contributed by atoms with Crippen LogP contribution in [0.4, 0.5) is 5.13 Å². The Kier molecular flexibility index (Phi) is 4.78. The fourth-order valence-corrected chi connectivity index (χ4v) is 1.79. The van der Waals surface area contributed by atoms with E-state index in [1.165, 1.54) is 12.8 Å². The number of rotatable bonds is 6. The molecule has 0 atom stereocenters. The molecule has 0 fully saturated rings. The minimum atomic E-state index is 0.802. The molecule has 0 spiro atoms. The third-order valence-corrected chi connectivity index (χ3v) is 2.69. The third-order valence-electron chi connectivity index (χ3n) is 1.78. The molecule has 1 rings (SSSR count). The highest BCUT2D eigenvalue weighted by Gasteiger charge is 1.95. The van der Waals surface area contributed by atoms with Gasteiger partial charge in [0.05, 0.1) is 5.69 Å². The van der Waals surface area contributed by atoms with E-state index in [0.717, 1.165) is 30.3 Å². The summed E-state index contributed by atoms with van der Waals surface area (Å²) in [5.41, 5.74) is 6.49. The topological polar surface area (TPSA) is 50.9 Å². The Labute approximate surface area is 83.4 Å². The first-order valence-electron chi connectivity index (χ1n) is 4.69. The monoisotopic (exact) mass is 199 g/mol. The lowest BCUT2D eigenvalue weighted by atomic mass is 10.2. The lowest BCUT2D eigenvalue weighted by molar-refractivity contribution is 0.707. The molecule has 3 N–H and O–H groups in total. The highest BCUT2D eigenvalue weighted by Crippen LogP contribution is 2.14. The summed E-state index contributed by atoms with van der Waals surface area (Å²) < 4.78 is 0. The standard InChI is InChI=1S/C9H17N3S/c1-8-7-13-9(12-8)11-6-4-2-3-5-10/h7H,2-6,10H2,1H3,(H,11,12). The highest BCUT2D eigenvalue weighted by molar-refractivity contribution is 7.13. The summed E-state index contributed by atoms with van der Waals surface area (Å²) in [7, 11) is 0. The molecule has 0 aliphatic heterocycles. The van der Waals surface area contributed by atoms with Crippen LogP contribution in [-0.4, -0.2) is 18.1 Å². The molecule has 1 aromatic rings. The van der Waals surface area contributed by atoms with Gasteiger partial charge in [-0.25, -0.2) is 4.98 Å². The van der Waals surface area contributed by atoms with Crippen molar-refractivity contribution in [1.82, 2.24) is 4.98 Å². The number of nitrogens with two attached hydrogens (primary N) is 1. The molecule has 0 aliphatic carbocycles. The summed E-state index contributed by atoms with van der Waals surface area (Å²) in [5, 5.41) is 6.38. The van der Waals surface area contributed by atoms with Crippen LogP contribution in [0.3, 0.4) is 0 Å². The number of hydrogen-bond donors (Lipinski definition) is 2. The van der Waals surface area contributed by atoms with E-state index in [2.05, 4.69) is 15.7 Å². The molecule has 4 heteroatoms. The van der Waals surface area contributed by atoms with Gasteiger partial charge in [0.1, 0.15) is 0 Å². The van der Waals surface area contributed by atoms with E-state index in [-0.39, 0.29) is 0 Å². The van der Waals surface area contributed by atoms with Gasteiger partial charge in [0.15, 0.2) is 5.13 Å². The molecule has 13 heavy (non-hydrogen) atoms. The van der Waals surface area contributed by atoms with Crippen molar-refractivity contribution in [1.29, 1.82) is 0 Å². The van der Waals surface area contributed by atoms with Crippen molar-refractivity contribution in [3.05, 3.63) is 11.1 Å². The number of nitrogens with one attached hydrogen (secondary N) is 1. The van der Waals surface area contributed by atoms with Gasteiger partial charge < -0.3 is 11.1 Å². The average Bonchev–Trinajstić information content (AvgIpc) is 2.51. The number of unbranched alkanes of at least 4 members (excludes halogenated alkanes) is 2. The summed E-state index contributed by atoms with van der Waals surface area (Å²) >= 11 is 1.67. The Morgan fingerprint density at radius 3 is 2.92 bits per heavy atom. The van der Waals surface area contributed by atoms with Gasteiger partial charge >= 0.3 is 0 Å². The Hall–Kier alpha value is -0.610. The van der Waals surface area contributed by atoms with E-state index in [4.69, 9.17) is 5.73 Å². The van der Waals surface area contributed by atoms with Gasteiger partial charge in [-0.05, 0) is 26.3 Å². The van der Waals surface area contributed by atoms with Crippen LogP contribution in [0, 0.1) is 6.92 Å². The van der Waals surface area contributed by atoms with Crippen molar-refractivity contribution in [2.75, 3.05) is 18.4 Å². The van der Waals surface area contributed by atoms with E-state index >= 15 is 0 Å². The first-order chi connectivity index (χ1) is 6.33. The van der Waals surface area contributed by atoms with Crippen molar-refractivity contribution in [3.8, 4) is 0 Å². The second kappa shape index (κ2) is 5.94. The van der Waals surface area contributed by atoms with Crippen LogP contribution in [0.1, 0.15) is 25.0 Å². The number of anilines is 1. The zero-order valence-corrected chi connectivity index (χ0v) is 8.86. The summed E-state index contributed by atoms with van der Waals surface area (Å²) in [5.74, 6) is 0. The maximum absolute atomic E-state index is 5.39. The average molecular weight is 199 g/mol. The van der Waals surface area contributed by atoms with Crippen molar-refractivity contribution >= 4 is 16.5 Å². The second-order valence-corrected chi connectivity index (χ2v) is 3.93. The minimum absolute atomic E-state index is 0.802. The van der Waals surface area contributed by atoms with E-state index in [1.807, 2.05) is 6.92 Å². The molecule has 0 aliphatic rings. The van der Waals surface area contributed by atoms with Gasteiger partial charge in [-0.15, -0.1) is 11.3 Å². The van der Waals surface area contributed by atoms with Crippen molar-refractivity contribution < 1.29 is 0 Å². The number of nitrogens with zero attached hydrogens (tertiary/aromatic N) is 1. The summed E-state index contributed by atoms with van der Waals surface area (Å²) in [6.07, 6.45) is 3.50. The van der Waals surface area contributed by atoms with Gasteiger partial charge in [-0.2, -0.15) is 0 Å². The molecule has 0 radical (unpaired) electrons. The molecule has 0 bridgehead atoms. The molecular weight excluding hydrogens is 182 g/mol. The maximum atomic E-state index is 5.39. The van der Waals surface area contributed by atoms with Crippen LogP contribution in [0.5, 0.6) is 0 Å². The van der Waals surface area contributed by atoms with E-state index in [9.17, 15) is 0 Å². The van der Waals surface area contributed by atoms with Gasteiger partial charge in [0.25, 0.3) is 0 Å². The van der Waals surface area contributed by atoms with Gasteiger partial charge in [-0.1, -0.05) is 6.42 Å². The van der Waals surface area contributed by atoms with Crippen LogP contribution >= 0.6 is 11.3 Å². The Morgan fingerprint density at radius 2 is 2.31 bits per heavy atom. The van der Waals surface area contributed by atoms with Crippen molar-refractivity contribution in [2.45, 2.75) is 26.2 Å². The molecule has 0 amide bonds. The zero-order chi connectivity index (χ0) is 9.52. The number of hydrogen-bond acceptors (Lipinski definition) is 4. The maximum Gasteiger partial charge on any atom is 0.182 e. The quantitative estimate of drug-likeness (QED) is 0.689. The van der Waals surface area contributed by atoms with Crippen molar-refractivity contribution in [3.63, 3.8) is 0 Å². The van der Waals surface area contributed by atoms with Crippen LogP contribution in [0.15, 0.2) is 5.38 Å². The molecule has 0 unspecified atom stereocenters. The van der Waals surface area contributed by atoms with Gasteiger partial charge in [-0.3, -0.25) is 0 Å². The molecule has 74 valence electrons. The van der Waals surface area contributed by atoms with Crippen LogP contribution < -0.4 is 11.1 Å². The van der Waals surface area contributed by atoms with Crippen LogP contribution in [-0.2, 0) is 0 Å². The molecule has 1 heterocycles. The van der Waals surface area contributed by atoms with Crippen LogP contribution in [0.2, 0.25) is 0 Å². The molecular formula is C9H17N3S. The molecule has 0 saturated carbocycles. The van der Waals surface area contributed by atoms with E-state index < -0.39 is 0 Å². The van der Waals surface area contributed by atoms with Crippen LogP contribution in [0.25, 0.3) is 0 Å². The Morgan fingerprint density at radius 1 is 1.46 bits per heavy atom. The summed E-state index contributed by atoms with van der Waals surface area (Å²) in [4.78, 5) is 4.31. The van der Waals surface area contributed by atoms with Gasteiger partial charge in [0.2, 0.25) is 0 Å².